The molecule has 2 fully saturated rings. The van der Waals surface area contributed by atoms with Gasteiger partial charge in [0.2, 0.25) is 0 Å². The molecule has 0 bridgehead atoms. The molecule has 0 spiro atoms. The van der Waals surface area contributed by atoms with Crippen molar-refractivity contribution in [1.82, 2.24) is 0 Å². The largest absolute Gasteiger partial charge is 0.462 e. The number of hydrogen-bond acceptors (Lipinski definition) is 3. The minimum absolute atomic E-state index is 0.0230. The number of carbonyl (C=O) groups excluding carboxylic acids is 1. The lowest BCUT2D eigenvalue weighted by Gasteiger charge is -2.38. The quantitative estimate of drug-likeness (QED) is 0.494. The van der Waals surface area contributed by atoms with Crippen LogP contribution in [0.1, 0.15) is 70.8 Å². The fourth-order valence-electron chi connectivity index (χ4n) is 4.71. The standard InChI is InChI=1S/C23H32Cl2O3/c1-14(2)17-9-7-15(3)12-21(17)28-23(26)22(20-6-4-5-11-27-20)16-8-10-18(24)19(25)13-16/h8,10,13-15,17,20-22H,4-7,9,11-12H2,1-3H3/t15-,17+,20-,21-,22-/m1/s1. The molecule has 5 atom stereocenters. The summed E-state index contributed by atoms with van der Waals surface area (Å²) >= 11 is 12.3. The van der Waals surface area contributed by atoms with Crippen molar-refractivity contribution >= 4 is 29.2 Å². The lowest BCUT2D eigenvalue weighted by Crippen LogP contribution is -2.40. The highest BCUT2D eigenvalue weighted by molar-refractivity contribution is 6.42. The highest BCUT2D eigenvalue weighted by atomic mass is 35.5. The summed E-state index contributed by atoms with van der Waals surface area (Å²) < 4.78 is 12.2. The summed E-state index contributed by atoms with van der Waals surface area (Å²) in [4.78, 5) is 13.4. The average Bonchev–Trinajstić information content (AvgIpc) is 2.65. The second-order valence-corrected chi connectivity index (χ2v) is 9.67. The summed E-state index contributed by atoms with van der Waals surface area (Å²) in [6.45, 7) is 7.38. The Bertz CT molecular complexity index is 670. The zero-order chi connectivity index (χ0) is 20.3. The van der Waals surface area contributed by atoms with Crippen molar-refractivity contribution in [2.45, 2.75) is 77.4 Å². The van der Waals surface area contributed by atoms with Crippen LogP contribution >= 0.6 is 23.2 Å². The number of hydrogen-bond donors (Lipinski definition) is 0. The summed E-state index contributed by atoms with van der Waals surface area (Å²) in [6.07, 6.45) is 6.03. The highest BCUT2D eigenvalue weighted by Crippen LogP contribution is 2.38. The molecule has 1 aromatic rings. The van der Waals surface area contributed by atoms with Gasteiger partial charge in [0.05, 0.1) is 16.1 Å². The highest BCUT2D eigenvalue weighted by Gasteiger charge is 2.38. The second kappa shape index (κ2) is 9.82. The van der Waals surface area contributed by atoms with Gasteiger partial charge in [-0.15, -0.1) is 0 Å². The smallest absolute Gasteiger partial charge is 0.316 e. The van der Waals surface area contributed by atoms with Gasteiger partial charge in [0.25, 0.3) is 0 Å². The first-order valence-electron chi connectivity index (χ1n) is 10.6. The van der Waals surface area contributed by atoms with Crippen molar-refractivity contribution in [3.05, 3.63) is 33.8 Å². The van der Waals surface area contributed by atoms with Gasteiger partial charge < -0.3 is 9.47 Å². The van der Waals surface area contributed by atoms with Crippen molar-refractivity contribution in [3.8, 4) is 0 Å². The number of benzene rings is 1. The molecular formula is C23H32Cl2O3. The average molecular weight is 427 g/mol. The van der Waals surface area contributed by atoms with E-state index in [1.807, 2.05) is 6.07 Å². The lowest BCUT2D eigenvalue weighted by atomic mass is 9.75. The number of ether oxygens (including phenoxy) is 2. The molecule has 1 heterocycles. The van der Waals surface area contributed by atoms with E-state index in [1.165, 1.54) is 6.42 Å². The number of halogens is 2. The van der Waals surface area contributed by atoms with Gasteiger partial charge in [0, 0.05) is 6.61 Å². The minimum Gasteiger partial charge on any atom is -0.462 e. The molecule has 0 N–H and O–H groups in total. The van der Waals surface area contributed by atoms with Gasteiger partial charge in [0.1, 0.15) is 12.0 Å². The van der Waals surface area contributed by atoms with E-state index >= 15 is 0 Å². The van der Waals surface area contributed by atoms with Crippen LogP contribution < -0.4 is 0 Å². The van der Waals surface area contributed by atoms with Crippen LogP contribution in [0.5, 0.6) is 0 Å². The van der Waals surface area contributed by atoms with Crippen LogP contribution in [-0.4, -0.2) is 24.8 Å². The Kier molecular flexibility index (Phi) is 7.69. The van der Waals surface area contributed by atoms with E-state index in [4.69, 9.17) is 32.7 Å². The van der Waals surface area contributed by atoms with Crippen LogP contribution in [-0.2, 0) is 14.3 Å². The molecule has 28 heavy (non-hydrogen) atoms. The molecule has 1 aromatic carbocycles. The Hall–Kier alpha value is -0.770. The summed E-state index contributed by atoms with van der Waals surface area (Å²) in [7, 11) is 0. The third-order valence-electron chi connectivity index (χ3n) is 6.37. The van der Waals surface area contributed by atoms with Crippen LogP contribution in [0.3, 0.4) is 0 Å². The van der Waals surface area contributed by atoms with Gasteiger partial charge in [-0.25, -0.2) is 0 Å². The summed E-state index contributed by atoms with van der Waals surface area (Å²) in [5.74, 6) is 0.860. The van der Waals surface area contributed by atoms with E-state index in [9.17, 15) is 4.79 Å². The molecule has 1 aliphatic carbocycles. The summed E-state index contributed by atoms with van der Waals surface area (Å²) in [5.41, 5.74) is 0.830. The molecule has 5 heteroatoms. The zero-order valence-corrected chi connectivity index (χ0v) is 18.6. The van der Waals surface area contributed by atoms with Gasteiger partial charge in [0.15, 0.2) is 0 Å². The zero-order valence-electron chi connectivity index (χ0n) is 17.1. The molecule has 0 amide bonds. The van der Waals surface area contributed by atoms with Gasteiger partial charge >= 0.3 is 5.97 Å². The third-order valence-corrected chi connectivity index (χ3v) is 7.11. The Morgan fingerprint density at radius 1 is 1.14 bits per heavy atom. The Morgan fingerprint density at radius 3 is 2.57 bits per heavy atom. The lowest BCUT2D eigenvalue weighted by molar-refractivity contribution is -0.163. The molecule has 0 unspecified atom stereocenters. The minimum atomic E-state index is -0.458. The van der Waals surface area contributed by atoms with E-state index < -0.39 is 5.92 Å². The molecule has 0 aromatic heterocycles. The van der Waals surface area contributed by atoms with Crippen LogP contribution in [0.2, 0.25) is 10.0 Å². The number of esters is 1. The van der Waals surface area contributed by atoms with Gasteiger partial charge in [-0.05, 0) is 67.6 Å². The number of rotatable bonds is 5. The van der Waals surface area contributed by atoms with Crippen molar-refractivity contribution in [2.75, 3.05) is 6.61 Å². The van der Waals surface area contributed by atoms with Crippen molar-refractivity contribution in [3.63, 3.8) is 0 Å². The van der Waals surface area contributed by atoms with E-state index in [0.29, 0.717) is 34.4 Å². The van der Waals surface area contributed by atoms with Crippen LogP contribution in [0, 0.1) is 17.8 Å². The first-order chi connectivity index (χ1) is 13.4. The van der Waals surface area contributed by atoms with Crippen LogP contribution in [0.4, 0.5) is 0 Å². The molecule has 3 rings (SSSR count). The topological polar surface area (TPSA) is 35.5 Å². The first kappa shape index (κ1) is 21.9. The predicted molar refractivity (Wildman–Crippen MR) is 114 cm³/mol. The fraction of sp³-hybridized carbons (Fsp3) is 0.696. The Balaban J connectivity index is 1.84. The molecular weight excluding hydrogens is 395 g/mol. The SMILES string of the molecule is CC(C)[C@@H]1CC[C@@H](C)C[C@H]1OC(=O)[C@H](c1ccc(Cl)c(Cl)c1)[C@H]1CCCCO1. The second-order valence-electron chi connectivity index (χ2n) is 8.86. The van der Waals surface area contributed by atoms with Crippen molar-refractivity contribution in [1.29, 1.82) is 0 Å². The molecule has 1 saturated carbocycles. The van der Waals surface area contributed by atoms with E-state index in [2.05, 4.69) is 20.8 Å². The Labute approximate surface area is 179 Å². The first-order valence-corrected chi connectivity index (χ1v) is 11.4. The summed E-state index contributed by atoms with van der Waals surface area (Å²) in [6, 6.07) is 5.42. The van der Waals surface area contributed by atoms with E-state index in [-0.39, 0.29) is 18.2 Å². The van der Waals surface area contributed by atoms with Crippen LogP contribution in [0.25, 0.3) is 0 Å². The maximum atomic E-state index is 13.4. The van der Waals surface area contributed by atoms with Crippen molar-refractivity contribution < 1.29 is 14.3 Å². The molecule has 1 saturated heterocycles. The Morgan fingerprint density at radius 2 is 1.93 bits per heavy atom. The molecule has 1 aliphatic heterocycles. The van der Waals surface area contributed by atoms with Crippen molar-refractivity contribution in [2.24, 2.45) is 17.8 Å². The van der Waals surface area contributed by atoms with Gasteiger partial charge in [-0.3, -0.25) is 4.79 Å². The fourth-order valence-corrected chi connectivity index (χ4v) is 5.02. The molecule has 2 aliphatic rings. The predicted octanol–water partition coefficient (Wildman–Crippen LogP) is 6.65. The number of carbonyl (C=O) groups is 1. The van der Waals surface area contributed by atoms with E-state index in [1.54, 1.807) is 12.1 Å². The molecule has 0 radical (unpaired) electrons. The summed E-state index contributed by atoms with van der Waals surface area (Å²) in [5, 5.41) is 0.946. The van der Waals surface area contributed by atoms with Gasteiger partial charge in [-0.1, -0.05) is 56.5 Å². The van der Waals surface area contributed by atoms with Crippen LogP contribution in [0.15, 0.2) is 18.2 Å². The van der Waals surface area contributed by atoms with Gasteiger partial charge in [-0.2, -0.15) is 0 Å². The maximum Gasteiger partial charge on any atom is 0.316 e. The molecule has 3 nitrogen and oxygen atoms in total. The monoisotopic (exact) mass is 426 g/mol. The third kappa shape index (κ3) is 5.23. The molecule has 156 valence electrons. The maximum absolute atomic E-state index is 13.4. The normalized spacial score (nSPS) is 29.5. The van der Waals surface area contributed by atoms with E-state index in [0.717, 1.165) is 37.7 Å².